The van der Waals surface area contributed by atoms with Crippen LogP contribution in [0.4, 0.5) is 0 Å². The van der Waals surface area contributed by atoms with Crippen molar-refractivity contribution >= 4 is 0 Å². The molecule has 112 valence electrons. The van der Waals surface area contributed by atoms with Crippen LogP contribution in [-0.4, -0.2) is 10.3 Å². The summed E-state index contributed by atoms with van der Waals surface area (Å²) in [5.74, 6) is 1.12. The molecule has 0 aliphatic heterocycles. The van der Waals surface area contributed by atoms with Crippen molar-refractivity contribution in [1.82, 2.24) is 5.16 Å². The van der Waals surface area contributed by atoms with E-state index in [1.54, 1.807) is 0 Å². The van der Waals surface area contributed by atoms with Gasteiger partial charge in [0.1, 0.15) is 5.69 Å². The molecule has 1 N–H and O–H groups in total. The van der Waals surface area contributed by atoms with Gasteiger partial charge in [0.05, 0.1) is 12.2 Å². The van der Waals surface area contributed by atoms with Crippen molar-refractivity contribution in [3.05, 3.63) is 65.7 Å². The van der Waals surface area contributed by atoms with E-state index in [1.165, 1.54) is 5.56 Å². The summed E-state index contributed by atoms with van der Waals surface area (Å²) >= 11 is 0. The van der Waals surface area contributed by atoms with Gasteiger partial charge in [-0.15, -0.1) is 0 Å². The molecule has 2 aromatic carbocycles. The molecule has 0 amide bonds. The third-order valence-corrected chi connectivity index (χ3v) is 3.83. The largest absolute Gasteiger partial charge is 0.391 e. The molecule has 0 saturated carbocycles. The molecule has 3 heteroatoms. The van der Waals surface area contributed by atoms with Crippen LogP contribution in [0.1, 0.15) is 30.9 Å². The number of aromatic nitrogens is 1. The fourth-order valence-electron chi connectivity index (χ4n) is 2.52. The molecule has 3 rings (SSSR count). The predicted molar refractivity (Wildman–Crippen MR) is 87.4 cm³/mol. The van der Waals surface area contributed by atoms with E-state index >= 15 is 0 Å². The van der Waals surface area contributed by atoms with E-state index in [4.69, 9.17) is 4.52 Å². The smallest absolute Gasteiger partial charge is 0.173 e. The zero-order valence-corrected chi connectivity index (χ0v) is 12.8. The van der Waals surface area contributed by atoms with Crippen molar-refractivity contribution < 1.29 is 9.63 Å². The second kappa shape index (κ2) is 6.16. The van der Waals surface area contributed by atoms with Gasteiger partial charge in [-0.1, -0.05) is 73.6 Å². The maximum Gasteiger partial charge on any atom is 0.173 e. The van der Waals surface area contributed by atoms with Gasteiger partial charge in [-0.05, 0) is 11.5 Å². The van der Waals surface area contributed by atoms with Crippen LogP contribution < -0.4 is 0 Å². The number of hydrogen-bond acceptors (Lipinski definition) is 3. The molecule has 3 nitrogen and oxygen atoms in total. The van der Waals surface area contributed by atoms with E-state index in [1.807, 2.05) is 42.5 Å². The van der Waals surface area contributed by atoms with E-state index < -0.39 is 0 Å². The Morgan fingerprint density at radius 2 is 1.64 bits per heavy atom. The SMILES string of the molecule is CC(C)c1ccc(-c2onc(-c3ccccc3)c2CO)cc1. The molecule has 3 aromatic rings. The summed E-state index contributed by atoms with van der Waals surface area (Å²) in [7, 11) is 0. The van der Waals surface area contributed by atoms with E-state index in [9.17, 15) is 5.11 Å². The van der Waals surface area contributed by atoms with Gasteiger partial charge in [0.2, 0.25) is 0 Å². The monoisotopic (exact) mass is 293 g/mol. The van der Waals surface area contributed by atoms with E-state index in [0.29, 0.717) is 17.4 Å². The van der Waals surface area contributed by atoms with Crippen molar-refractivity contribution in [3.8, 4) is 22.6 Å². The molecule has 1 aromatic heterocycles. The van der Waals surface area contributed by atoms with Crippen LogP contribution in [0.15, 0.2) is 59.1 Å². The summed E-state index contributed by atoms with van der Waals surface area (Å²) in [5.41, 5.74) is 4.58. The molecule has 0 aliphatic rings. The number of aliphatic hydroxyl groups excluding tert-OH is 1. The molecule has 0 atom stereocenters. The highest BCUT2D eigenvalue weighted by atomic mass is 16.5. The van der Waals surface area contributed by atoms with Gasteiger partial charge >= 0.3 is 0 Å². The summed E-state index contributed by atoms with van der Waals surface area (Å²) in [5, 5.41) is 13.9. The third kappa shape index (κ3) is 2.68. The first kappa shape index (κ1) is 14.5. The molecular weight excluding hydrogens is 274 g/mol. The van der Waals surface area contributed by atoms with Gasteiger partial charge < -0.3 is 9.63 Å². The lowest BCUT2D eigenvalue weighted by Gasteiger charge is -2.06. The van der Waals surface area contributed by atoms with Gasteiger partial charge in [0.25, 0.3) is 0 Å². The predicted octanol–water partition coefficient (Wildman–Crippen LogP) is 4.62. The quantitative estimate of drug-likeness (QED) is 0.763. The topological polar surface area (TPSA) is 46.3 Å². The Bertz CT molecular complexity index is 743. The van der Waals surface area contributed by atoms with Crippen molar-refractivity contribution in [1.29, 1.82) is 0 Å². The lowest BCUT2D eigenvalue weighted by atomic mass is 9.99. The second-order valence-corrected chi connectivity index (χ2v) is 5.64. The minimum Gasteiger partial charge on any atom is -0.391 e. The highest BCUT2D eigenvalue weighted by Gasteiger charge is 2.18. The van der Waals surface area contributed by atoms with Crippen LogP contribution in [0.2, 0.25) is 0 Å². The molecule has 0 saturated heterocycles. The molecule has 0 radical (unpaired) electrons. The molecule has 0 aliphatic carbocycles. The minimum atomic E-state index is -0.102. The molecule has 1 heterocycles. The minimum absolute atomic E-state index is 0.102. The highest BCUT2D eigenvalue weighted by molar-refractivity contribution is 5.72. The molecule has 0 spiro atoms. The Balaban J connectivity index is 2.03. The Morgan fingerprint density at radius 3 is 2.23 bits per heavy atom. The summed E-state index contributed by atoms with van der Waals surface area (Å²) in [6, 6.07) is 18.0. The fourth-order valence-corrected chi connectivity index (χ4v) is 2.52. The summed E-state index contributed by atoms with van der Waals surface area (Å²) in [6.45, 7) is 4.22. The number of aliphatic hydroxyl groups is 1. The van der Waals surface area contributed by atoms with Gasteiger partial charge in [-0.2, -0.15) is 0 Å². The molecule has 0 bridgehead atoms. The van der Waals surface area contributed by atoms with Crippen molar-refractivity contribution in [2.75, 3.05) is 0 Å². The lowest BCUT2D eigenvalue weighted by molar-refractivity contribution is 0.281. The first-order valence-corrected chi connectivity index (χ1v) is 7.46. The van der Waals surface area contributed by atoms with Crippen LogP contribution >= 0.6 is 0 Å². The lowest BCUT2D eigenvalue weighted by Crippen LogP contribution is -1.90. The van der Waals surface area contributed by atoms with E-state index in [2.05, 4.69) is 31.1 Å². The van der Waals surface area contributed by atoms with Crippen molar-refractivity contribution in [3.63, 3.8) is 0 Å². The molecular formula is C19H19NO2. The number of hydrogen-bond donors (Lipinski definition) is 1. The summed E-state index contributed by atoms with van der Waals surface area (Å²) in [4.78, 5) is 0. The first-order chi connectivity index (χ1) is 10.7. The van der Waals surface area contributed by atoms with Gasteiger partial charge in [0.15, 0.2) is 5.76 Å². The number of benzene rings is 2. The molecule has 0 fully saturated rings. The molecule has 0 unspecified atom stereocenters. The van der Waals surface area contributed by atoms with Crippen molar-refractivity contribution in [2.24, 2.45) is 0 Å². The zero-order valence-electron chi connectivity index (χ0n) is 12.8. The van der Waals surface area contributed by atoms with Gasteiger partial charge in [-0.25, -0.2) is 0 Å². The first-order valence-electron chi connectivity index (χ1n) is 7.46. The average molecular weight is 293 g/mol. The van der Waals surface area contributed by atoms with E-state index in [-0.39, 0.29) is 6.61 Å². The van der Waals surface area contributed by atoms with Crippen molar-refractivity contribution in [2.45, 2.75) is 26.4 Å². The maximum absolute atomic E-state index is 9.75. The van der Waals surface area contributed by atoms with Gasteiger partial charge in [-0.3, -0.25) is 0 Å². The van der Waals surface area contributed by atoms with Crippen LogP contribution in [0.5, 0.6) is 0 Å². The number of rotatable bonds is 4. The van der Waals surface area contributed by atoms with Crippen LogP contribution in [0.25, 0.3) is 22.6 Å². The molecule has 22 heavy (non-hydrogen) atoms. The van der Waals surface area contributed by atoms with Crippen LogP contribution in [0, 0.1) is 0 Å². The zero-order chi connectivity index (χ0) is 15.5. The standard InChI is InChI=1S/C19H19NO2/c1-13(2)14-8-10-16(11-9-14)19-17(12-21)18(20-22-19)15-6-4-3-5-7-15/h3-11,13,21H,12H2,1-2H3. The normalized spacial score (nSPS) is 11.1. The Hall–Kier alpha value is -2.39. The van der Waals surface area contributed by atoms with Crippen LogP contribution in [0.3, 0.4) is 0 Å². The van der Waals surface area contributed by atoms with Gasteiger partial charge in [0, 0.05) is 11.1 Å². The van der Waals surface area contributed by atoms with Crippen LogP contribution in [-0.2, 0) is 6.61 Å². The Labute approximate surface area is 130 Å². The fraction of sp³-hybridized carbons (Fsp3) is 0.211. The maximum atomic E-state index is 9.75. The Kier molecular flexibility index (Phi) is 4.07. The number of nitrogens with zero attached hydrogens (tertiary/aromatic N) is 1. The summed E-state index contributed by atoms with van der Waals surface area (Å²) < 4.78 is 5.52. The average Bonchev–Trinajstić information content (AvgIpc) is 2.99. The second-order valence-electron chi connectivity index (χ2n) is 5.64. The third-order valence-electron chi connectivity index (χ3n) is 3.83. The summed E-state index contributed by atoms with van der Waals surface area (Å²) in [6.07, 6.45) is 0. The Morgan fingerprint density at radius 1 is 0.955 bits per heavy atom. The highest BCUT2D eigenvalue weighted by Crippen LogP contribution is 2.32. The van der Waals surface area contributed by atoms with E-state index in [0.717, 1.165) is 16.7 Å².